The minimum atomic E-state index is -0.775. The van der Waals surface area contributed by atoms with E-state index in [-0.39, 0.29) is 87.8 Å². The van der Waals surface area contributed by atoms with E-state index in [1.54, 1.807) is 13.8 Å². The molecule has 5 fully saturated rings. The minimum Gasteiger partial charge on any atom is -0.495 e. The summed E-state index contributed by atoms with van der Waals surface area (Å²) >= 11 is 25.0. The van der Waals surface area contributed by atoms with Crippen LogP contribution in [0.15, 0.2) is 171 Å². The number of ketones is 2. The number of fused-ring (bicyclic) bond motifs is 8. The average Bonchev–Trinajstić information content (AvgIpc) is 1.57. The van der Waals surface area contributed by atoms with Crippen molar-refractivity contribution in [3.8, 4) is 0 Å². The molecule has 8 aromatic rings. The molecule has 0 amide bonds. The largest absolute Gasteiger partial charge is 0.495 e. The summed E-state index contributed by atoms with van der Waals surface area (Å²) in [5, 5.41) is 22.2. The molecule has 4 aliphatic heterocycles. The highest BCUT2D eigenvalue weighted by atomic mass is 35.5. The highest BCUT2D eigenvalue weighted by Crippen LogP contribution is 2.44. The van der Waals surface area contributed by atoms with Gasteiger partial charge in [0.25, 0.3) is 0 Å². The molecule has 138 heavy (non-hydrogen) atoms. The van der Waals surface area contributed by atoms with Crippen LogP contribution in [-0.4, -0.2) is 248 Å². The lowest BCUT2D eigenvalue weighted by Gasteiger charge is -2.42. The molecular weight excluding hydrogens is 1820 g/mol. The van der Waals surface area contributed by atoms with Gasteiger partial charge in [-0.2, -0.15) is 0 Å². The van der Waals surface area contributed by atoms with E-state index < -0.39 is 24.0 Å². The number of Topliss-reactive ketones (excluding diaryl/α,β-unsaturated/α-hetero) is 2. The standard InChI is InChI=1S/2C21H24ClN3O.2C20H22ClN3O2.C11H20O2.C10H20O.C9H18O/c2*1-14(26)19-13-25(11-10-24(19)2)21-18-8-7-17(22)12-16(18)6-5-15-4-3-9-23-20(15)21;2*1-23-9-10-24(12-17(23)20(25)26)19-16-7-6-15(21)11-14(16)5-4-13-3-2-8-22-18(13)19;1-11(2,3)10(12)13-9-7-5-4-6-8-9;1-8(9(2,3)4)11-10(5,6)7;1-7(2)10-8(3)9(4,5)6/h2*3-4,7-9,12,19,21H,5-6,10-11,13H2,1-2H3;2*2-3,6-8,11,17,19H,4-5,9-10,12H2,1H3,(H,25,26);9H,4-8H2,1-3H3;1H2,2-7H3;7H,3H2,1-2,4-6H3/t19?,21-;;;;;;/m1....../s1. The molecule has 8 atom stereocenters. The topological polar surface area (TPSA) is 231 Å². The normalized spacial score (nSPS) is 21.7. The lowest BCUT2D eigenvalue weighted by atomic mass is 9.94. The van der Waals surface area contributed by atoms with Crippen molar-refractivity contribution in [2.75, 3.05) is 107 Å². The number of rotatable bonds is 12. The lowest BCUT2D eigenvalue weighted by molar-refractivity contribution is -0.160. The van der Waals surface area contributed by atoms with E-state index in [9.17, 15) is 34.2 Å². The summed E-state index contributed by atoms with van der Waals surface area (Å²) in [6.07, 6.45) is 21.2. The van der Waals surface area contributed by atoms with Crippen LogP contribution in [0.25, 0.3) is 0 Å². The van der Waals surface area contributed by atoms with Crippen LogP contribution in [0.1, 0.15) is 257 Å². The summed E-state index contributed by atoms with van der Waals surface area (Å²) in [6.45, 7) is 48.6. The number of allylic oxidation sites excluding steroid dienone is 2. The Morgan fingerprint density at radius 3 is 0.877 bits per heavy atom. The first-order valence-corrected chi connectivity index (χ1v) is 50.7. The number of ether oxygens (including phenoxy) is 3. The third kappa shape index (κ3) is 29.4. The second kappa shape index (κ2) is 48.8. The Balaban J connectivity index is 0.000000159. The van der Waals surface area contributed by atoms with Crippen LogP contribution >= 0.6 is 46.4 Å². The molecular formula is C112H150Cl4N12O10. The maximum Gasteiger partial charge on any atom is 0.322 e. The van der Waals surface area contributed by atoms with Gasteiger partial charge in [-0.05, 0) is 314 Å². The molecule has 5 aliphatic carbocycles. The summed E-state index contributed by atoms with van der Waals surface area (Å²) in [4.78, 5) is 95.7. The Kier molecular flexibility index (Phi) is 38.7. The van der Waals surface area contributed by atoms with E-state index >= 15 is 0 Å². The van der Waals surface area contributed by atoms with Crippen molar-refractivity contribution in [2.45, 2.75) is 260 Å². The molecule has 8 heterocycles. The van der Waals surface area contributed by atoms with Gasteiger partial charge in [0.2, 0.25) is 0 Å². The molecule has 4 aromatic heterocycles. The van der Waals surface area contributed by atoms with E-state index in [4.69, 9.17) is 80.6 Å². The SMILES string of the molecule is C=C(OC(C)(C)C)C(C)(C)C.C=C(OC(C)C)C(C)(C)C.CC(=O)C1CN(C2c3ccc(Cl)cc3CCc3cccnc32)CCN1C.CC(=O)C1CN([C@@H]2c3ccc(Cl)cc3CCc3cccnc32)CCN1C.CC(C)(C)C(=O)OC1CCCCC1.CN1CCN(C2c3ccc(Cl)cc3CCc3cccnc32)CC1C(=O)O.CN1CCN(C2c3ccc(Cl)cc3CCc3cccnc32)CC1C(=O)O. The highest BCUT2D eigenvalue weighted by Gasteiger charge is 2.43. The molecule has 2 N–H and O–H groups in total. The summed E-state index contributed by atoms with van der Waals surface area (Å²) in [5.41, 5.74) is 19.0. The quantitative estimate of drug-likeness (QED) is 0.0855. The number of carbonyl (C=O) groups excluding carboxylic acids is 3. The Morgan fingerprint density at radius 2 is 0.645 bits per heavy atom. The zero-order valence-electron chi connectivity index (χ0n) is 85.3. The number of likely N-dealkylation sites (N-methyl/N-ethyl adjacent to an activating group) is 4. The highest BCUT2D eigenvalue weighted by molar-refractivity contribution is 6.31. The number of benzene rings is 4. The number of halogens is 4. The maximum absolute atomic E-state index is 12.1. The predicted octanol–water partition coefficient (Wildman–Crippen LogP) is 20.7. The number of aliphatic carboxylic acids is 2. The fourth-order valence-corrected chi connectivity index (χ4v) is 20.2. The van der Waals surface area contributed by atoms with Gasteiger partial charge < -0.3 is 24.4 Å². The van der Waals surface area contributed by atoms with Gasteiger partial charge in [0.15, 0.2) is 0 Å². The summed E-state index contributed by atoms with van der Waals surface area (Å²) in [7, 11) is 7.83. The van der Waals surface area contributed by atoms with Crippen molar-refractivity contribution in [1.82, 2.24) is 59.1 Å². The molecule has 7 unspecified atom stereocenters. The van der Waals surface area contributed by atoms with Gasteiger partial charge in [-0.3, -0.25) is 83.1 Å². The van der Waals surface area contributed by atoms with Crippen LogP contribution in [0.2, 0.25) is 20.1 Å². The monoisotopic (exact) mass is 1960 g/mol. The van der Waals surface area contributed by atoms with Crippen molar-refractivity contribution >= 4 is 75.9 Å². The molecule has 0 spiro atoms. The summed E-state index contributed by atoms with van der Waals surface area (Å²) in [6, 6.07) is 40.1. The number of aromatic nitrogens is 4. The first-order valence-electron chi connectivity index (χ1n) is 49.2. The summed E-state index contributed by atoms with van der Waals surface area (Å²) < 4.78 is 16.4. The first kappa shape index (κ1) is 110. The van der Waals surface area contributed by atoms with Crippen LogP contribution in [0.5, 0.6) is 0 Å². The van der Waals surface area contributed by atoms with Crippen molar-refractivity contribution in [2.24, 2.45) is 16.2 Å². The number of piperazine rings is 4. The zero-order valence-corrected chi connectivity index (χ0v) is 88.3. The second-order valence-electron chi connectivity index (χ2n) is 42.7. The van der Waals surface area contributed by atoms with Gasteiger partial charge in [-0.15, -0.1) is 0 Å². The van der Waals surface area contributed by atoms with Gasteiger partial charge in [-0.25, -0.2) is 0 Å². The van der Waals surface area contributed by atoms with Gasteiger partial charge in [-0.1, -0.05) is 156 Å². The molecule has 26 heteroatoms. The number of nitrogens with zero attached hydrogens (tertiary/aromatic N) is 12. The van der Waals surface area contributed by atoms with Crippen LogP contribution in [0.3, 0.4) is 0 Å². The van der Waals surface area contributed by atoms with E-state index in [2.05, 4.69) is 145 Å². The van der Waals surface area contributed by atoms with Crippen LogP contribution < -0.4 is 0 Å². The lowest BCUT2D eigenvalue weighted by Crippen LogP contribution is -2.55. The molecule has 0 radical (unpaired) electrons. The fraction of sp³-hybridized carbons (Fsp3) is 0.527. The number of carbonyl (C=O) groups is 5. The molecule has 9 aliphatic rings. The van der Waals surface area contributed by atoms with Gasteiger partial charge in [0.1, 0.15) is 35.4 Å². The van der Waals surface area contributed by atoms with Crippen molar-refractivity contribution < 1.29 is 48.4 Å². The Bertz CT molecular complexity index is 4970. The molecule has 4 saturated heterocycles. The molecule has 4 aromatic carbocycles. The first-order chi connectivity index (χ1) is 65.1. The van der Waals surface area contributed by atoms with Crippen LogP contribution in [0.4, 0.5) is 0 Å². The van der Waals surface area contributed by atoms with E-state index in [0.29, 0.717) is 13.1 Å². The molecule has 746 valence electrons. The van der Waals surface area contributed by atoms with E-state index in [0.717, 1.165) is 184 Å². The average molecular weight is 1970 g/mol. The number of hydrogen-bond donors (Lipinski definition) is 2. The Hall–Kier alpha value is -8.85. The minimum absolute atomic E-state index is 0.0310. The van der Waals surface area contributed by atoms with Crippen LogP contribution in [0, 0.1) is 16.2 Å². The molecule has 22 nitrogen and oxygen atoms in total. The molecule has 17 rings (SSSR count). The number of aryl methyl sites for hydroxylation is 8. The van der Waals surface area contributed by atoms with Crippen LogP contribution in [-0.2, 0) is 89.5 Å². The zero-order chi connectivity index (χ0) is 101. The van der Waals surface area contributed by atoms with E-state index in [1.807, 2.05) is 179 Å². The second-order valence-corrected chi connectivity index (χ2v) is 44.4. The third-order valence-corrected chi connectivity index (χ3v) is 28.5. The fourth-order valence-electron chi connectivity index (χ4n) is 19.4. The van der Waals surface area contributed by atoms with Crippen molar-refractivity contribution in [3.63, 3.8) is 0 Å². The molecule has 0 bridgehead atoms. The third-order valence-electron chi connectivity index (χ3n) is 27.6. The predicted molar refractivity (Wildman–Crippen MR) is 555 cm³/mol. The van der Waals surface area contributed by atoms with Gasteiger partial charge >= 0.3 is 17.9 Å². The molecule has 1 saturated carbocycles. The number of carboxylic acids is 2. The number of pyridine rings is 4. The number of hydrogen-bond acceptors (Lipinski definition) is 20. The Morgan fingerprint density at radius 1 is 0.377 bits per heavy atom. The van der Waals surface area contributed by atoms with Gasteiger partial charge in [0, 0.05) is 134 Å². The van der Waals surface area contributed by atoms with E-state index in [1.165, 1.54) is 86.0 Å². The number of carboxylic acid groups (broad SMARTS) is 2. The smallest absolute Gasteiger partial charge is 0.322 e. The number of esters is 1. The van der Waals surface area contributed by atoms with Gasteiger partial charge in [0.05, 0.1) is 82.1 Å². The van der Waals surface area contributed by atoms with Crippen molar-refractivity contribution in [1.29, 1.82) is 0 Å². The maximum atomic E-state index is 12.1. The Labute approximate surface area is 841 Å². The summed E-state index contributed by atoms with van der Waals surface area (Å²) in [5.74, 6) is 0.561. The van der Waals surface area contributed by atoms with Crippen molar-refractivity contribution in [3.05, 3.63) is 280 Å².